The molecule has 4 heteroatoms. The third-order valence-corrected chi connectivity index (χ3v) is 3.31. The number of nitrogen functional groups attached to an aromatic ring is 1. The molecule has 1 heterocycles. The minimum absolute atomic E-state index is 0.293. The van der Waals surface area contributed by atoms with Gasteiger partial charge in [-0.2, -0.15) is 4.98 Å². The van der Waals surface area contributed by atoms with Crippen molar-refractivity contribution in [1.82, 2.24) is 9.97 Å². The van der Waals surface area contributed by atoms with Crippen LogP contribution in [0.4, 0.5) is 17.5 Å². The molecule has 0 aliphatic heterocycles. The normalized spacial score (nSPS) is 10.7. The van der Waals surface area contributed by atoms with Crippen LogP contribution in [0.5, 0.6) is 0 Å². The van der Waals surface area contributed by atoms with Crippen LogP contribution in [0.15, 0.2) is 54.7 Å². The predicted octanol–water partition coefficient (Wildman–Crippen LogP) is 3.37. The molecule has 0 fully saturated rings. The van der Waals surface area contributed by atoms with E-state index >= 15 is 0 Å². The first-order valence-corrected chi connectivity index (χ1v) is 6.63. The van der Waals surface area contributed by atoms with Gasteiger partial charge in [0.15, 0.2) is 0 Å². The molecule has 0 spiro atoms. The average Bonchev–Trinajstić information content (AvgIpc) is 2.48. The lowest BCUT2D eigenvalue weighted by Gasteiger charge is -2.23. The average molecular weight is 264 g/mol. The molecule has 0 radical (unpaired) electrons. The minimum Gasteiger partial charge on any atom is -0.368 e. The van der Waals surface area contributed by atoms with E-state index in [1.54, 1.807) is 6.20 Å². The summed E-state index contributed by atoms with van der Waals surface area (Å²) in [5.41, 5.74) is 6.82. The second-order valence-electron chi connectivity index (χ2n) is 4.52. The molecule has 4 nitrogen and oxygen atoms in total. The van der Waals surface area contributed by atoms with Crippen molar-refractivity contribution in [3.05, 3.63) is 54.7 Å². The number of hydrogen-bond acceptors (Lipinski definition) is 4. The van der Waals surface area contributed by atoms with Gasteiger partial charge in [-0.3, -0.25) is 0 Å². The summed E-state index contributed by atoms with van der Waals surface area (Å²) in [5, 5.41) is 2.42. The molecule has 3 rings (SSSR count). The Morgan fingerprint density at radius 3 is 2.65 bits per heavy atom. The molecule has 0 unspecified atom stereocenters. The molecule has 0 aliphatic carbocycles. The molecule has 1 aromatic heterocycles. The number of rotatable bonds is 3. The molecule has 0 saturated heterocycles. The highest BCUT2D eigenvalue weighted by atomic mass is 15.2. The van der Waals surface area contributed by atoms with Crippen LogP contribution in [0.25, 0.3) is 10.8 Å². The van der Waals surface area contributed by atoms with Crippen molar-refractivity contribution in [2.24, 2.45) is 0 Å². The van der Waals surface area contributed by atoms with Crippen LogP contribution in [-0.2, 0) is 0 Å². The number of hydrogen-bond donors (Lipinski definition) is 1. The van der Waals surface area contributed by atoms with Crippen LogP contribution in [0.3, 0.4) is 0 Å². The fourth-order valence-corrected chi connectivity index (χ4v) is 2.41. The third kappa shape index (κ3) is 2.16. The maximum Gasteiger partial charge on any atom is 0.221 e. The number of aromatic nitrogens is 2. The number of fused-ring (bicyclic) bond motifs is 1. The van der Waals surface area contributed by atoms with E-state index in [2.05, 4.69) is 52.1 Å². The van der Waals surface area contributed by atoms with Crippen molar-refractivity contribution in [1.29, 1.82) is 0 Å². The summed E-state index contributed by atoms with van der Waals surface area (Å²) >= 11 is 0. The van der Waals surface area contributed by atoms with Crippen LogP contribution >= 0.6 is 0 Å². The second kappa shape index (κ2) is 5.17. The van der Waals surface area contributed by atoms with Gasteiger partial charge < -0.3 is 10.6 Å². The summed E-state index contributed by atoms with van der Waals surface area (Å²) < 4.78 is 0. The van der Waals surface area contributed by atoms with E-state index in [9.17, 15) is 0 Å². The largest absolute Gasteiger partial charge is 0.368 e. The van der Waals surface area contributed by atoms with Gasteiger partial charge in [0.1, 0.15) is 5.82 Å². The van der Waals surface area contributed by atoms with Crippen molar-refractivity contribution in [2.45, 2.75) is 6.92 Å². The molecule has 0 amide bonds. The van der Waals surface area contributed by atoms with Gasteiger partial charge in [-0.25, -0.2) is 4.98 Å². The van der Waals surface area contributed by atoms with Crippen molar-refractivity contribution >= 4 is 28.2 Å². The van der Waals surface area contributed by atoms with Gasteiger partial charge >= 0.3 is 0 Å². The first kappa shape index (κ1) is 12.4. The maximum absolute atomic E-state index is 5.69. The molecule has 0 aliphatic rings. The lowest BCUT2D eigenvalue weighted by Crippen LogP contribution is -2.18. The maximum atomic E-state index is 5.69. The van der Waals surface area contributed by atoms with Gasteiger partial charge in [-0.1, -0.05) is 36.4 Å². The van der Waals surface area contributed by atoms with Crippen LogP contribution < -0.4 is 10.6 Å². The van der Waals surface area contributed by atoms with Gasteiger partial charge in [0.2, 0.25) is 5.95 Å². The highest BCUT2D eigenvalue weighted by molar-refractivity contribution is 5.95. The van der Waals surface area contributed by atoms with E-state index < -0.39 is 0 Å². The summed E-state index contributed by atoms with van der Waals surface area (Å²) in [7, 11) is 0. The van der Waals surface area contributed by atoms with Gasteiger partial charge in [-0.05, 0) is 24.4 Å². The molecule has 20 heavy (non-hydrogen) atoms. The Balaban J connectivity index is 2.17. The van der Waals surface area contributed by atoms with Crippen LogP contribution in [0.1, 0.15) is 6.92 Å². The lowest BCUT2D eigenvalue weighted by atomic mass is 10.1. The fraction of sp³-hybridized carbons (Fsp3) is 0.125. The minimum atomic E-state index is 0.293. The summed E-state index contributed by atoms with van der Waals surface area (Å²) in [5.74, 6) is 1.11. The molecule has 100 valence electrons. The lowest BCUT2D eigenvalue weighted by molar-refractivity contribution is 0.985. The monoisotopic (exact) mass is 264 g/mol. The first-order chi connectivity index (χ1) is 9.79. The summed E-state index contributed by atoms with van der Waals surface area (Å²) in [6.45, 7) is 2.91. The second-order valence-corrected chi connectivity index (χ2v) is 4.52. The van der Waals surface area contributed by atoms with Gasteiger partial charge in [0.25, 0.3) is 0 Å². The van der Waals surface area contributed by atoms with Crippen LogP contribution in [0, 0.1) is 0 Å². The first-order valence-electron chi connectivity index (χ1n) is 6.63. The van der Waals surface area contributed by atoms with E-state index in [1.165, 1.54) is 10.8 Å². The summed E-state index contributed by atoms with van der Waals surface area (Å²) in [6.07, 6.45) is 1.69. The van der Waals surface area contributed by atoms with Crippen molar-refractivity contribution in [2.75, 3.05) is 17.2 Å². The number of anilines is 3. The molecule has 2 aromatic carbocycles. The molecular weight excluding hydrogens is 248 g/mol. The Morgan fingerprint density at radius 1 is 1.05 bits per heavy atom. The van der Waals surface area contributed by atoms with E-state index in [-0.39, 0.29) is 0 Å². The van der Waals surface area contributed by atoms with Gasteiger partial charge in [-0.15, -0.1) is 0 Å². The zero-order valence-corrected chi connectivity index (χ0v) is 11.3. The molecule has 0 bridgehead atoms. The quantitative estimate of drug-likeness (QED) is 0.788. The third-order valence-electron chi connectivity index (χ3n) is 3.31. The smallest absolute Gasteiger partial charge is 0.221 e. The Labute approximate surface area is 117 Å². The number of nitrogens with zero attached hydrogens (tertiary/aromatic N) is 3. The summed E-state index contributed by atoms with van der Waals surface area (Å²) in [4.78, 5) is 10.4. The Hall–Kier alpha value is -2.62. The van der Waals surface area contributed by atoms with E-state index in [1.807, 2.05) is 18.2 Å². The van der Waals surface area contributed by atoms with Crippen LogP contribution in [-0.4, -0.2) is 16.5 Å². The predicted molar refractivity (Wildman–Crippen MR) is 83.1 cm³/mol. The fourth-order valence-electron chi connectivity index (χ4n) is 2.41. The Kier molecular flexibility index (Phi) is 3.21. The molecule has 2 N–H and O–H groups in total. The van der Waals surface area contributed by atoms with E-state index in [0.717, 1.165) is 18.1 Å². The topological polar surface area (TPSA) is 55.0 Å². The number of nitrogens with two attached hydrogens (primary N) is 1. The standard InChI is InChI=1S/C16H16N4/c1-2-20(15-10-11-18-16(17)19-15)14-9-5-7-12-6-3-4-8-13(12)14/h3-11H,2H2,1H3,(H2,17,18,19). The number of benzene rings is 2. The molecule has 3 aromatic rings. The highest BCUT2D eigenvalue weighted by Gasteiger charge is 2.11. The zero-order valence-electron chi connectivity index (χ0n) is 11.3. The highest BCUT2D eigenvalue weighted by Crippen LogP contribution is 2.31. The van der Waals surface area contributed by atoms with Crippen molar-refractivity contribution in [3.63, 3.8) is 0 Å². The SMILES string of the molecule is CCN(c1ccnc(N)n1)c1cccc2ccccc12. The summed E-state index contributed by atoms with van der Waals surface area (Å²) in [6, 6.07) is 16.5. The molecule has 0 atom stereocenters. The van der Waals surface area contributed by atoms with E-state index in [4.69, 9.17) is 5.73 Å². The molecular formula is C16H16N4. The van der Waals surface area contributed by atoms with Crippen molar-refractivity contribution in [3.8, 4) is 0 Å². The van der Waals surface area contributed by atoms with Crippen LogP contribution in [0.2, 0.25) is 0 Å². The Bertz CT molecular complexity index is 734. The zero-order chi connectivity index (χ0) is 13.9. The molecule has 0 saturated carbocycles. The van der Waals surface area contributed by atoms with Crippen molar-refractivity contribution < 1.29 is 0 Å². The Morgan fingerprint density at radius 2 is 1.85 bits per heavy atom. The van der Waals surface area contributed by atoms with E-state index in [0.29, 0.717) is 5.95 Å². The van der Waals surface area contributed by atoms with Gasteiger partial charge in [0, 0.05) is 18.1 Å². The van der Waals surface area contributed by atoms with Gasteiger partial charge in [0.05, 0.1) is 5.69 Å².